The lowest BCUT2D eigenvalue weighted by atomic mass is 10.2. The van der Waals surface area contributed by atoms with Gasteiger partial charge in [0.1, 0.15) is 10.9 Å². The Labute approximate surface area is 190 Å². The Balaban J connectivity index is 2.05. The molecule has 0 aromatic heterocycles. The summed E-state index contributed by atoms with van der Waals surface area (Å²) in [5.74, 6) is -1.18. The number of halogens is 2. The van der Waals surface area contributed by atoms with Gasteiger partial charge in [0.2, 0.25) is 15.9 Å². The second kappa shape index (κ2) is 8.97. The first-order valence-electron chi connectivity index (χ1n) is 9.47. The van der Waals surface area contributed by atoms with E-state index in [-0.39, 0.29) is 27.0 Å². The summed E-state index contributed by atoms with van der Waals surface area (Å²) in [6.45, 7) is 3.45. The number of carbonyl (C=O) groups excluding carboxylic acids is 2. The molecule has 2 aromatic rings. The second-order valence-electron chi connectivity index (χ2n) is 7.11. The fourth-order valence-electron chi connectivity index (χ4n) is 3.45. The van der Waals surface area contributed by atoms with Crippen LogP contribution < -0.4 is 4.90 Å². The number of rotatable bonds is 6. The van der Waals surface area contributed by atoms with Crippen LogP contribution in [0.1, 0.15) is 32.3 Å². The zero-order chi connectivity index (χ0) is 22.9. The maximum absolute atomic E-state index is 13.5. The van der Waals surface area contributed by atoms with E-state index in [9.17, 15) is 18.0 Å². The molecular weight excluding hydrogens is 461 g/mol. The molecule has 1 saturated heterocycles. The fraction of sp³-hybridized carbons (Fsp3) is 0.286. The summed E-state index contributed by atoms with van der Waals surface area (Å²) in [5, 5.41) is 9.10. The van der Waals surface area contributed by atoms with E-state index >= 15 is 0 Å². The molecule has 1 aliphatic heterocycles. The van der Waals surface area contributed by atoms with E-state index in [1.54, 1.807) is 13.8 Å². The Morgan fingerprint density at radius 2 is 1.84 bits per heavy atom. The zero-order valence-corrected chi connectivity index (χ0v) is 19.1. The van der Waals surface area contributed by atoms with Crippen molar-refractivity contribution >= 4 is 50.7 Å². The third kappa shape index (κ3) is 4.32. The lowest BCUT2D eigenvalue weighted by Gasteiger charge is -2.32. The number of nitriles is 1. The van der Waals surface area contributed by atoms with Crippen LogP contribution in [0.5, 0.6) is 0 Å². The van der Waals surface area contributed by atoms with Crippen molar-refractivity contribution in [3.8, 4) is 6.07 Å². The van der Waals surface area contributed by atoms with E-state index < -0.39 is 33.9 Å². The predicted molar refractivity (Wildman–Crippen MR) is 117 cm³/mol. The molecule has 0 N–H and O–H groups in total. The van der Waals surface area contributed by atoms with E-state index in [0.29, 0.717) is 12.0 Å². The van der Waals surface area contributed by atoms with Gasteiger partial charge in [0.15, 0.2) is 0 Å². The van der Waals surface area contributed by atoms with Gasteiger partial charge in [-0.3, -0.25) is 9.59 Å². The van der Waals surface area contributed by atoms with Crippen molar-refractivity contribution in [3.63, 3.8) is 0 Å². The predicted octanol–water partition coefficient (Wildman–Crippen LogP) is 3.99. The summed E-state index contributed by atoms with van der Waals surface area (Å²) in [7, 11) is -4.25. The lowest BCUT2D eigenvalue weighted by molar-refractivity contribution is -0.122. The molecule has 2 amide bonds. The van der Waals surface area contributed by atoms with Crippen LogP contribution in [0.2, 0.25) is 10.0 Å². The minimum atomic E-state index is -4.25. The summed E-state index contributed by atoms with van der Waals surface area (Å²) < 4.78 is 28.1. The highest BCUT2D eigenvalue weighted by molar-refractivity contribution is 7.89. The third-order valence-electron chi connectivity index (χ3n) is 5.16. The highest BCUT2D eigenvalue weighted by Crippen LogP contribution is 2.34. The second-order valence-corrected chi connectivity index (χ2v) is 9.77. The normalized spacial score (nSPS) is 17.8. The molecular formula is C21H19Cl2N3O4S. The van der Waals surface area contributed by atoms with Gasteiger partial charge in [0.25, 0.3) is 5.91 Å². The smallest absolute Gasteiger partial charge is 0.252 e. The SMILES string of the molecule is CCC(C)N(C1CC(=O)N(c2ccc(C#N)cc2)C1=O)S(=O)(=O)c1cc(Cl)ccc1Cl. The molecule has 10 heteroatoms. The number of imide groups is 1. The Morgan fingerprint density at radius 1 is 1.19 bits per heavy atom. The summed E-state index contributed by atoms with van der Waals surface area (Å²) >= 11 is 12.1. The number of sulfonamides is 1. The van der Waals surface area contributed by atoms with E-state index in [0.717, 1.165) is 9.21 Å². The quantitative estimate of drug-likeness (QED) is 0.583. The monoisotopic (exact) mass is 479 g/mol. The number of nitrogens with zero attached hydrogens (tertiary/aromatic N) is 3. The van der Waals surface area contributed by atoms with Crippen molar-refractivity contribution in [1.29, 1.82) is 5.26 Å². The van der Waals surface area contributed by atoms with Crippen LogP contribution in [0.4, 0.5) is 5.69 Å². The first-order chi connectivity index (χ1) is 14.6. The van der Waals surface area contributed by atoms with E-state index in [4.69, 9.17) is 28.5 Å². The van der Waals surface area contributed by atoms with Gasteiger partial charge in [-0.25, -0.2) is 13.3 Å². The van der Waals surface area contributed by atoms with Crippen molar-refractivity contribution in [2.24, 2.45) is 0 Å². The number of amides is 2. The maximum Gasteiger partial charge on any atom is 0.252 e. The van der Waals surface area contributed by atoms with Gasteiger partial charge in [-0.05, 0) is 55.8 Å². The molecule has 2 atom stereocenters. The van der Waals surface area contributed by atoms with Crippen molar-refractivity contribution in [1.82, 2.24) is 4.31 Å². The van der Waals surface area contributed by atoms with Gasteiger partial charge < -0.3 is 0 Å². The number of hydrogen-bond acceptors (Lipinski definition) is 5. The molecule has 1 heterocycles. The highest BCUT2D eigenvalue weighted by atomic mass is 35.5. The summed E-state index contributed by atoms with van der Waals surface area (Å²) in [6, 6.07) is 10.2. The average Bonchev–Trinajstić information content (AvgIpc) is 3.03. The first kappa shape index (κ1) is 23.2. The number of anilines is 1. The molecule has 31 heavy (non-hydrogen) atoms. The fourth-order valence-corrected chi connectivity index (χ4v) is 6.04. The molecule has 2 unspecified atom stereocenters. The van der Waals surface area contributed by atoms with Gasteiger partial charge in [0, 0.05) is 11.1 Å². The highest BCUT2D eigenvalue weighted by Gasteiger charge is 2.48. The maximum atomic E-state index is 13.5. The first-order valence-corrected chi connectivity index (χ1v) is 11.7. The third-order valence-corrected chi connectivity index (χ3v) is 7.90. The van der Waals surface area contributed by atoms with Gasteiger partial charge >= 0.3 is 0 Å². The van der Waals surface area contributed by atoms with Crippen molar-refractivity contribution in [2.45, 2.75) is 43.7 Å². The Hall–Kier alpha value is -2.44. The van der Waals surface area contributed by atoms with Crippen molar-refractivity contribution < 1.29 is 18.0 Å². The molecule has 0 spiro atoms. The van der Waals surface area contributed by atoms with Gasteiger partial charge in [-0.1, -0.05) is 30.1 Å². The minimum absolute atomic E-state index is 0.0292. The number of carbonyl (C=O) groups is 2. The molecule has 1 aliphatic rings. The molecule has 1 fully saturated rings. The zero-order valence-electron chi connectivity index (χ0n) is 16.7. The van der Waals surface area contributed by atoms with Crippen LogP contribution in [-0.2, 0) is 19.6 Å². The summed E-state index contributed by atoms with van der Waals surface area (Å²) in [4.78, 5) is 26.7. The molecule has 7 nitrogen and oxygen atoms in total. The van der Waals surface area contributed by atoms with Crippen LogP contribution in [0.25, 0.3) is 0 Å². The molecule has 162 valence electrons. The van der Waals surface area contributed by atoms with E-state index in [2.05, 4.69) is 0 Å². The van der Waals surface area contributed by atoms with E-state index in [1.165, 1.54) is 42.5 Å². The molecule has 2 aromatic carbocycles. The van der Waals surface area contributed by atoms with Crippen LogP contribution >= 0.6 is 23.2 Å². The van der Waals surface area contributed by atoms with Crippen LogP contribution in [-0.4, -0.2) is 36.6 Å². The Morgan fingerprint density at radius 3 is 2.42 bits per heavy atom. The Bertz CT molecular complexity index is 1180. The standard InChI is InChI=1S/C21H19Cl2N3O4S/c1-3-13(2)26(31(29,30)19-10-15(22)6-9-17(19)23)18-11-20(27)25(21(18)28)16-7-4-14(12-24)5-8-16/h4-10,13,18H,3,11H2,1-2H3. The summed E-state index contributed by atoms with van der Waals surface area (Å²) in [6.07, 6.45) is 0.104. The minimum Gasteiger partial charge on any atom is -0.274 e. The molecule has 0 bridgehead atoms. The largest absolute Gasteiger partial charge is 0.274 e. The molecule has 0 aliphatic carbocycles. The van der Waals surface area contributed by atoms with Crippen LogP contribution in [0.3, 0.4) is 0 Å². The van der Waals surface area contributed by atoms with E-state index in [1.807, 2.05) is 6.07 Å². The Kier molecular flexibility index (Phi) is 6.72. The molecule has 3 rings (SSSR count). The summed E-state index contributed by atoms with van der Waals surface area (Å²) in [5.41, 5.74) is 0.651. The molecule has 0 saturated carbocycles. The van der Waals surface area contributed by atoms with Crippen molar-refractivity contribution in [2.75, 3.05) is 4.90 Å². The van der Waals surface area contributed by atoms with Gasteiger partial charge in [-0.15, -0.1) is 0 Å². The average molecular weight is 480 g/mol. The van der Waals surface area contributed by atoms with Gasteiger partial charge in [-0.2, -0.15) is 9.57 Å². The van der Waals surface area contributed by atoms with Gasteiger partial charge in [0.05, 0.1) is 28.8 Å². The van der Waals surface area contributed by atoms with Crippen LogP contribution in [0, 0.1) is 11.3 Å². The van der Waals surface area contributed by atoms with Crippen LogP contribution in [0.15, 0.2) is 47.4 Å². The topological polar surface area (TPSA) is 98.5 Å². The lowest BCUT2D eigenvalue weighted by Crippen LogP contribution is -2.49. The number of benzene rings is 2. The molecule has 0 radical (unpaired) electrons. The number of hydrogen-bond donors (Lipinski definition) is 0. The van der Waals surface area contributed by atoms with Crippen molar-refractivity contribution in [3.05, 3.63) is 58.1 Å².